The zero-order valence-electron chi connectivity index (χ0n) is 13.6. The molecule has 0 amide bonds. The van der Waals surface area contributed by atoms with Gasteiger partial charge in [0.2, 0.25) is 0 Å². The number of aromatic hydroxyl groups is 1. The van der Waals surface area contributed by atoms with Gasteiger partial charge in [0.1, 0.15) is 5.75 Å². The van der Waals surface area contributed by atoms with Gasteiger partial charge >= 0.3 is 0 Å². The lowest BCUT2D eigenvalue weighted by molar-refractivity contribution is 0.466. The van der Waals surface area contributed by atoms with E-state index in [4.69, 9.17) is 0 Å². The molecule has 0 spiro atoms. The number of anilines is 1. The first-order valence-electron chi connectivity index (χ1n) is 7.41. The van der Waals surface area contributed by atoms with E-state index in [0.29, 0.717) is 5.75 Å². The van der Waals surface area contributed by atoms with Crippen LogP contribution in [0, 0.1) is 13.8 Å². The van der Waals surface area contributed by atoms with Crippen LogP contribution < -0.4 is 5.32 Å². The summed E-state index contributed by atoms with van der Waals surface area (Å²) in [6.45, 7) is 11.3. The minimum absolute atomic E-state index is 0.115. The quantitative estimate of drug-likeness (QED) is 0.838. The average Bonchev–Trinajstić information content (AvgIpc) is 2.41. The van der Waals surface area contributed by atoms with Gasteiger partial charge in [-0.25, -0.2) is 0 Å². The van der Waals surface area contributed by atoms with Gasteiger partial charge in [-0.15, -0.1) is 0 Å². The minimum atomic E-state index is 0.115. The Morgan fingerprint density at radius 1 is 1.00 bits per heavy atom. The molecular formula is C19H25NO. The van der Waals surface area contributed by atoms with Crippen molar-refractivity contribution in [3.63, 3.8) is 0 Å². The van der Waals surface area contributed by atoms with Crippen LogP contribution in [0.1, 0.15) is 43.0 Å². The van der Waals surface area contributed by atoms with Crippen molar-refractivity contribution < 1.29 is 5.11 Å². The van der Waals surface area contributed by atoms with Crippen LogP contribution in [0.5, 0.6) is 5.75 Å². The molecule has 0 aliphatic heterocycles. The van der Waals surface area contributed by atoms with Crippen LogP contribution in [-0.4, -0.2) is 5.11 Å². The molecule has 0 saturated carbocycles. The monoisotopic (exact) mass is 283 g/mol. The van der Waals surface area contributed by atoms with Crippen LogP contribution in [-0.2, 0) is 12.0 Å². The molecule has 112 valence electrons. The molecule has 0 saturated heterocycles. The first-order valence-corrected chi connectivity index (χ1v) is 7.41. The Labute approximate surface area is 127 Å². The Bertz CT molecular complexity index is 615. The van der Waals surface area contributed by atoms with Gasteiger partial charge in [0.25, 0.3) is 0 Å². The molecule has 0 aromatic heterocycles. The standard InChI is InChI=1S/C19H25NO/c1-13-10-15(11-14(2)18(13)21)12-20-17-9-7-6-8-16(17)19(3,4)5/h6-11,20-21H,12H2,1-5H3. The van der Waals surface area contributed by atoms with E-state index in [0.717, 1.165) is 17.7 Å². The first kappa shape index (κ1) is 15.4. The Kier molecular flexibility index (Phi) is 4.26. The fraction of sp³-hybridized carbons (Fsp3) is 0.368. The Balaban J connectivity index is 2.21. The molecule has 2 aromatic rings. The predicted octanol–water partition coefficient (Wildman–Crippen LogP) is 4.92. The van der Waals surface area contributed by atoms with Gasteiger partial charge in [0.05, 0.1) is 0 Å². The maximum Gasteiger partial charge on any atom is 0.121 e. The van der Waals surface area contributed by atoms with Crippen molar-refractivity contribution in [3.05, 3.63) is 58.7 Å². The molecule has 2 heteroatoms. The number of hydrogen-bond donors (Lipinski definition) is 2. The highest BCUT2D eigenvalue weighted by Gasteiger charge is 2.17. The van der Waals surface area contributed by atoms with E-state index in [-0.39, 0.29) is 5.41 Å². The zero-order valence-corrected chi connectivity index (χ0v) is 13.6. The summed E-state index contributed by atoms with van der Waals surface area (Å²) in [5.74, 6) is 0.397. The fourth-order valence-corrected chi connectivity index (χ4v) is 2.64. The number of para-hydroxylation sites is 1. The van der Waals surface area contributed by atoms with E-state index in [1.807, 2.05) is 26.0 Å². The van der Waals surface area contributed by atoms with E-state index < -0.39 is 0 Å². The van der Waals surface area contributed by atoms with Crippen molar-refractivity contribution in [2.75, 3.05) is 5.32 Å². The highest BCUT2D eigenvalue weighted by Crippen LogP contribution is 2.30. The van der Waals surface area contributed by atoms with Gasteiger partial charge in [-0.1, -0.05) is 51.1 Å². The lowest BCUT2D eigenvalue weighted by Gasteiger charge is -2.23. The van der Waals surface area contributed by atoms with Crippen molar-refractivity contribution >= 4 is 5.69 Å². The summed E-state index contributed by atoms with van der Waals surface area (Å²) in [5.41, 5.74) is 5.65. The number of rotatable bonds is 3. The normalized spacial score (nSPS) is 11.5. The Hall–Kier alpha value is -1.96. The second kappa shape index (κ2) is 5.80. The van der Waals surface area contributed by atoms with Crippen LogP contribution in [0.2, 0.25) is 0 Å². The van der Waals surface area contributed by atoms with Crippen LogP contribution in [0.4, 0.5) is 5.69 Å². The van der Waals surface area contributed by atoms with Crippen LogP contribution in [0.15, 0.2) is 36.4 Å². The summed E-state index contributed by atoms with van der Waals surface area (Å²) in [6.07, 6.45) is 0. The van der Waals surface area contributed by atoms with Gasteiger partial charge in [-0.3, -0.25) is 0 Å². The molecule has 21 heavy (non-hydrogen) atoms. The van der Waals surface area contributed by atoms with E-state index in [2.05, 4.69) is 50.4 Å². The summed E-state index contributed by atoms with van der Waals surface area (Å²) < 4.78 is 0. The summed E-state index contributed by atoms with van der Waals surface area (Å²) in [7, 11) is 0. The molecule has 2 N–H and O–H groups in total. The summed E-state index contributed by atoms with van der Waals surface area (Å²) in [6, 6.07) is 12.5. The maximum atomic E-state index is 9.85. The summed E-state index contributed by atoms with van der Waals surface area (Å²) in [4.78, 5) is 0. The van der Waals surface area contributed by atoms with Crippen molar-refractivity contribution in [3.8, 4) is 5.75 Å². The number of nitrogens with one attached hydrogen (secondary N) is 1. The van der Waals surface area contributed by atoms with E-state index in [1.165, 1.54) is 16.8 Å². The number of aryl methyl sites for hydroxylation is 2. The summed E-state index contributed by atoms with van der Waals surface area (Å²) >= 11 is 0. The largest absolute Gasteiger partial charge is 0.507 e. The van der Waals surface area contributed by atoms with E-state index in [9.17, 15) is 5.11 Å². The molecule has 0 heterocycles. The second-order valence-electron chi connectivity index (χ2n) is 6.73. The molecule has 0 fully saturated rings. The minimum Gasteiger partial charge on any atom is -0.507 e. The van der Waals surface area contributed by atoms with Crippen LogP contribution >= 0.6 is 0 Å². The third-order valence-electron chi connectivity index (χ3n) is 3.77. The fourth-order valence-electron chi connectivity index (χ4n) is 2.64. The topological polar surface area (TPSA) is 32.3 Å². The van der Waals surface area contributed by atoms with E-state index in [1.54, 1.807) is 0 Å². The molecule has 2 aromatic carbocycles. The molecule has 0 bridgehead atoms. The molecule has 0 aliphatic carbocycles. The Morgan fingerprint density at radius 3 is 2.14 bits per heavy atom. The molecule has 0 aliphatic rings. The average molecular weight is 283 g/mol. The van der Waals surface area contributed by atoms with Gasteiger partial charge in [-0.05, 0) is 47.6 Å². The smallest absolute Gasteiger partial charge is 0.121 e. The Morgan fingerprint density at radius 2 is 1.57 bits per heavy atom. The van der Waals surface area contributed by atoms with Gasteiger partial charge in [0, 0.05) is 12.2 Å². The third-order valence-corrected chi connectivity index (χ3v) is 3.77. The lowest BCUT2D eigenvalue weighted by Crippen LogP contribution is -2.14. The first-order chi connectivity index (χ1) is 9.79. The third kappa shape index (κ3) is 3.57. The van der Waals surface area contributed by atoms with Crippen LogP contribution in [0.3, 0.4) is 0 Å². The number of phenolic OH excluding ortho intramolecular Hbond substituents is 1. The molecular weight excluding hydrogens is 258 g/mol. The highest BCUT2D eigenvalue weighted by molar-refractivity contribution is 5.54. The number of hydrogen-bond acceptors (Lipinski definition) is 2. The molecule has 2 rings (SSSR count). The van der Waals surface area contributed by atoms with Crippen molar-refractivity contribution in [2.45, 2.75) is 46.6 Å². The zero-order chi connectivity index (χ0) is 15.6. The number of benzene rings is 2. The summed E-state index contributed by atoms with van der Waals surface area (Å²) in [5, 5.41) is 13.4. The molecule has 2 nitrogen and oxygen atoms in total. The van der Waals surface area contributed by atoms with Crippen molar-refractivity contribution in [1.82, 2.24) is 0 Å². The van der Waals surface area contributed by atoms with Gasteiger partial charge in [-0.2, -0.15) is 0 Å². The van der Waals surface area contributed by atoms with Crippen molar-refractivity contribution in [1.29, 1.82) is 0 Å². The molecule has 0 unspecified atom stereocenters. The highest BCUT2D eigenvalue weighted by atomic mass is 16.3. The van der Waals surface area contributed by atoms with E-state index >= 15 is 0 Å². The molecule has 0 radical (unpaired) electrons. The predicted molar refractivity (Wildman–Crippen MR) is 90.0 cm³/mol. The number of phenols is 1. The van der Waals surface area contributed by atoms with Gasteiger partial charge < -0.3 is 10.4 Å². The van der Waals surface area contributed by atoms with Crippen molar-refractivity contribution in [2.24, 2.45) is 0 Å². The molecule has 0 atom stereocenters. The van der Waals surface area contributed by atoms with Crippen LogP contribution in [0.25, 0.3) is 0 Å². The van der Waals surface area contributed by atoms with Gasteiger partial charge in [0.15, 0.2) is 0 Å². The second-order valence-corrected chi connectivity index (χ2v) is 6.73. The SMILES string of the molecule is Cc1cc(CNc2ccccc2C(C)(C)C)cc(C)c1O. The lowest BCUT2D eigenvalue weighted by atomic mass is 9.86. The maximum absolute atomic E-state index is 9.85.